The predicted octanol–water partition coefficient (Wildman–Crippen LogP) is 3.95. The van der Waals surface area contributed by atoms with Gasteiger partial charge in [0, 0.05) is 22.2 Å². The third-order valence-corrected chi connectivity index (χ3v) is 15.8. The van der Waals surface area contributed by atoms with E-state index in [1.54, 1.807) is 6.92 Å². The van der Waals surface area contributed by atoms with Crippen molar-refractivity contribution in [2.75, 3.05) is 13.2 Å². The average molecular weight is 619 g/mol. The number of hydrogen-bond acceptors (Lipinski definition) is 8. The fourth-order valence-electron chi connectivity index (χ4n) is 12.8. The lowest BCUT2D eigenvalue weighted by molar-refractivity contribution is -0.329. The van der Waals surface area contributed by atoms with E-state index < -0.39 is 36.1 Å². The van der Waals surface area contributed by atoms with Crippen LogP contribution in [0.3, 0.4) is 0 Å². The lowest BCUT2D eigenvalue weighted by Crippen LogP contribution is -2.72. The van der Waals surface area contributed by atoms with E-state index in [2.05, 4.69) is 53.7 Å². The molecule has 0 aromatic carbocycles. The molecule has 250 valence electrons. The third-order valence-electron chi connectivity index (χ3n) is 15.8. The molecule has 0 radical (unpaired) electrons. The number of allylic oxidation sites excluding steroid dienone is 1. The first-order valence-corrected chi connectivity index (χ1v) is 17.4. The van der Waals surface area contributed by atoms with Crippen molar-refractivity contribution in [3.8, 4) is 0 Å². The zero-order chi connectivity index (χ0) is 31.9. The number of aliphatic hydroxyl groups excluding tert-OH is 5. The number of fused-ring (bicyclic) bond motifs is 4. The minimum absolute atomic E-state index is 0.0582. The van der Waals surface area contributed by atoms with Crippen LogP contribution in [0.1, 0.15) is 99.8 Å². The first kappa shape index (κ1) is 32.0. The average Bonchev–Trinajstić information content (AvgIpc) is 3.24. The second-order valence-electron chi connectivity index (χ2n) is 18.1. The van der Waals surface area contributed by atoms with Crippen molar-refractivity contribution in [2.45, 2.75) is 148 Å². The van der Waals surface area contributed by atoms with Crippen molar-refractivity contribution in [2.24, 2.45) is 50.2 Å². The molecule has 0 amide bonds. The fraction of sp³-hybridized carbons (Fsp3) is 0.944. The lowest BCUT2D eigenvalue weighted by atomic mass is 9.32. The van der Waals surface area contributed by atoms with Crippen LogP contribution in [0.2, 0.25) is 0 Å². The summed E-state index contributed by atoms with van der Waals surface area (Å²) in [5.41, 5.74) is -1.36. The maximum absolute atomic E-state index is 12.0. The van der Waals surface area contributed by atoms with Gasteiger partial charge in [0.15, 0.2) is 6.29 Å². The largest absolute Gasteiger partial charge is 0.396 e. The molecule has 2 aliphatic heterocycles. The summed E-state index contributed by atoms with van der Waals surface area (Å²) in [6.45, 7) is 16.4. The maximum Gasteiger partial charge on any atom is 0.186 e. The van der Waals surface area contributed by atoms with Crippen LogP contribution in [0.15, 0.2) is 12.2 Å². The highest BCUT2D eigenvalue weighted by Crippen LogP contribution is 2.79. The van der Waals surface area contributed by atoms with Crippen molar-refractivity contribution in [3.05, 3.63) is 12.2 Å². The Labute approximate surface area is 263 Å². The Hall–Kier alpha value is -0.580. The summed E-state index contributed by atoms with van der Waals surface area (Å²) in [6, 6.07) is 0. The molecule has 0 aromatic rings. The third kappa shape index (κ3) is 3.75. The molecule has 6 fully saturated rings. The Bertz CT molecular complexity index is 1190. The van der Waals surface area contributed by atoms with Gasteiger partial charge in [-0.15, -0.1) is 0 Å². The summed E-state index contributed by atoms with van der Waals surface area (Å²) in [7, 11) is 0. The van der Waals surface area contributed by atoms with E-state index in [0.29, 0.717) is 18.9 Å². The molecule has 8 nitrogen and oxygen atoms in total. The van der Waals surface area contributed by atoms with Gasteiger partial charge in [0.25, 0.3) is 0 Å². The Morgan fingerprint density at radius 3 is 2.27 bits per heavy atom. The molecule has 2 heterocycles. The van der Waals surface area contributed by atoms with Gasteiger partial charge in [-0.1, -0.05) is 53.7 Å². The maximum atomic E-state index is 12.0. The molecule has 16 atom stereocenters. The molecule has 44 heavy (non-hydrogen) atoms. The molecular weight excluding hydrogens is 560 g/mol. The molecule has 2 bridgehead atoms. The summed E-state index contributed by atoms with van der Waals surface area (Å²) in [6.07, 6.45) is 5.98. The Morgan fingerprint density at radius 2 is 1.57 bits per heavy atom. The van der Waals surface area contributed by atoms with Crippen molar-refractivity contribution >= 4 is 0 Å². The monoisotopic (exact) mass is 618 g/mol. The van der Waals surface area contributed by atoms with Crippen molar-refractivity contribution < 1.29 is 39.7 Å². The quantitative estimate of drug-likeness (QED) is 0.238. The van der Waals surface area contributed by atoms with Gasteiger partial charge in [-0.3, -0.25) is 0 Å². The number of ether oxygens (including phenoxy) is 3. The standard InChI is InChI=1S/C36H58O8/c1-20-26(39)27(40)28(41)29(43-20)44-25-10-11-31(4)21(32(25,5)18-37)8-12-33(6)22(31)9-13-36-23-16-30(2,3)14-15-35(23,19-42-36)24(38)17-34(33,36)7/h9,13,20-29,37-41H,8,10-12,14-19H2,1-7H3/t20-,21-,22-,23-,24+,25-,26+,27+,28-,29+,31+,32-,33-,34+,35-,36+/m1/s1. The van der Waals surface area contributed by atoms with Crippen LogP contribution >= 0.6 is 0 Å². The first-order valence-electron chi connectivity index (χ1n) is 17.4. The molecule has 2 saturated heterocycles. The zero-order valence-electron chi connectivity index (χ0n) is 28.0. The van der Waals surface area contributed by atoms with E-state index in [1.165, 1.54) is 0 Å². The van der Waals surface area contributed by atoms with Crippen LogP contribution in [0.25, 0.3) is 0 Å². The highest BCUT2D eigenvalue weighted by atomic mass is 16.7. The van der Waals surface area contributed by atoms with Crippen molar-refractivity contribution in [1.82, 2.24) is 0 Å². The van der Waals surface area contributed by atoms with Gasteiger partial charge < -0.3 is 39.7 Å². The van der Waals surface area contributed by atoms with Crippen molar-refractivity contribution in [3.63, 3.8) is 0 Å². The zero-order valence-corrected chi connectivity index (χ0v) is 28.0. The molecule has 7 aliphatic rings. The van der Waals surface area contributed by atoms with E-state index in [1.807, 2.05) is 0 Å². The molecular formula is C36H58O8. The van der Waals surface area contributed by atoms with E-state index in [0.717, 1.165) is 44.9 Å². The highest BCUT2D eigenvalue weighted by molar-refractivity contribution is 5.36. The molecule has 5 aliphatic carbocycles. The number of hydrogen-bond donors (Lipinski definition) is 5. The highest BCUT2D eigenvalue weighted by Gasteiger charge is 2.79. The van der Waals surface area contributed by atoms with Crippen LogP contribution in [0.5, 0.6) is 0 Å². The van der Waals surface area contributed by atoms with Gasteiger partial charge >= 0.3 is 0 Å². The Morgan fingerprint density at radius 1 is 0.841 bits per heavy atom. The minimum atomic E-state index is -1.37. The van der Waals surface area contributed by atoms with Gasteiger partial charge in [0.05, 0.1) is 37.1 Å². The second kappa shape index (κ2) is 9.74. The molecule has 7 rings (SSSR count). The van der Waals surface area contributed by atoms with Crippen LogP contribution in [-0.4, -0.2) is 87.3 Å². The van der Waals surface area contributed by atoms with Gasteiger partial charge in [-0.05, 0) is 86.4 Å². The summed E-state index contributed by atoms with van der Waals surface area (Å²) in [5.74, 6) is 0.695. The van der Waals surface area contributed by atoms with Gasteiger partial charge in [-0.2, -0.15) is 0 Å². The van der Waals surface area contributed by atoms with Gasteiger partial charge in [0.2, 0.25) is 0 Å². The smallest absolute Gasteiger partial charge is 0.186 e. The van der Waals surface area contributed by atoms with E-state index in [4.69, 9.17) is 14.2 Å². The summed E-state index contributed by atoms with van der Waals surface area (Å²) >= 11 is 0. The second-order valence-corrected chi connectivity index (χ2v) is 18.1. The lowest BCUT2D eigenvalue weighted by Gasteiger charge is -2.73. The molecule has 5 N–H and O–H groups in total. The number of aliphatic hydroxyl groups is 5. The SMILES string of the molecule is C[C@H]1O[C@@H](O[C@@H]2CC[C@@]3(C)[C@@H](CC[C@]4(C)[C@@H]3C=C[C@]35OC[C@@]6(CCC(C)(C)C[C@H]63)[C@@H](O)C[C@]54C)[C@@]2(C)CO)[C@H](O)[C@@H](O)[C@H]1O. The van der Waals surface area contributed by atoms with Crippen LogP contribution in [0.4, 0.5) is 0 Å². The summed E-state index contributed by atoms with van der Waals surface area (Å²) in [4.78, 5) is 0. The summed E-state index contributed by atoms with van der Waals surface area (Å²) in [5, 5.41) is 54.4. The van der Waals surface area contributed by atoms with Crippen molar-refractivity contribution in [1.29, 1.82) is 0 Å². The minimum Gasteiger partial charge on any atom is -0.396 e. The van der Waals surface area contributed by atoms with Crippen LogP contribution in [-0.2, 0) is 14.2 Å². The summed E-state index contributed by atoms with van der Waals surface area (Å²) < 4.78 is 19.4. The fourth-order valence-corrected chi connectivity index (χ4v) is 12.8. The van der Waals surface area contributed by atoms with Gasteiger partial charge in [0.1, 0.15) is 18.3 Å². The van der Waals surface area contributed by atoms with E-state index >= 15 is 0 Å². The Kier molecular flexibility index (Phi) is 7.08. The molecule has 1 spiro atoms. The predicted molar refractivity (Wildman–Crippen MR) is 164 cm³/mol. The topological polar surface area (TPSA) is 129 Å². The number of rotatable bonds is 3. The van der Waals surface area contributed by atoms with Gasteiger partial charge in [-0.25, -0.2) is 0 Å². The molecule has 8 heteroatoms. The first-order chi connectivity index (χ1) is 20.4. The Balaban J connectivity index is 1.23. The van der Waals surface area contributed by atoms with Crippen LogP contribution < -0.4 is 0 Å². The normalized spacial score (nSPS) is 61.0. The molecule has 0 unspecified atom stereocenters. The molecule has 4 saturated carbocycles. The van der Waals surface area contributed by atoms with E-state index in [-0.39, 0.29) is 63.3 Å². The van der Waals surface area contributed by atoms with E-state index in [9.17, 15) is 25.5 Å². The molecule has 0 aromatic heterocycles. The van der Waals surface area contributed by atoms with Crippen LogP contribution in [0, 0.1) is 50.2 Å².